The van der Waals surface area contributed by atoms with Gasteiger partial charge in [-0.1, -0.05) is 103 Å². The normalized spacial score (nSPS) is 11.7. The quantitative estimate of drug-likeness (QED) is 0.0836. The largest absolute Gasteiger partial charge is 0.726 e. The van der Waals surface area contributed by atoms with Crippen LogP contribution in [-0.4, -0.2) is 47.8 Å². The SMILES string of the molecule is CCCCCCCCCCCCCCCCCCNc1ccc([N+](C)(C)C)cc1.COS(=O)(=O)[O-]. The number of benzene rings is 1. The van der Waals surface area contributed by atoms with Gasteiger partial charge in [0.15, 0.2) is 0 Å². The summed E-state index contributed by atoms with van der Waals surface area (Å²) in [4.78, 5) is 0. The third kappa shape index (κ3) is 23.0. The highest BCUT2D eigenvalue weighted by Crippen LogP contribution is 2.20. The molecule has 206 valence electrons. The Bertz CT molecular complexity index is 701. The highest BCUT2D eigenvalue weighted by molar-refractivity contribution is 7.80. The lowest BCUT2D eigenvalue weighted by molar-refractivity contribution is 0.314. The minimum absolute atomic E-state index is 0.808. The molecule has 0 saturated carbocycles. The Balaban J connectivity index is 0.00000170. The van der Waals surface area contributed by atoms with Crippen LogP contribution in [0.4, 0.5) is 11.4 Å². The van der Waals surface area contributed by atoms with E-state index in [9.17, 15) is 13.0 Å². The number of quaternary nitrogens is 1. The molecule has 0 saturated heterocycles. The lowest BCUT2D eigenvalue weighted by atomic mass is 10.0. The number of hydrogen-bond donors (Lipinski definition) is 1. The first-order valence-electron chi connectivity index (χ1n) is 13.8. The van der Waals surface area contributed by atoms with Gasteiger partial charge in [0, 0.05) is 24.4 Å². The number of nitrogens with one attached hydrogen (secondary N) is 1. The van der Waals surface area contributed by atoms with Crippen molar-refractivity contribution in [2.24, 2.45) is 0 Å². The van der Waals surface area contributed by atoms with Gasteiger partial charge < -0.3 is 9.87 Å². The van der Waals surface area contributed by atoms with E-state index in [0.717, 1.165) is 18.1 Å². The van der Waals surface area contributed by atoms with Crippen LogP contribution in [0.3, 0.4) is 0 Å². The fraction of sp³-hybridized carbons (Fsp3) is 0.786. The zero-order chi connectivity index (χ0) is 26.4. The molecule has 0 aliphatic rings. The van der Waals surface area contributed by atoms with Crippen LogP contribution in [0.5, 0.6) is 0 Å². The first-order valence-corrected chi connectivity index (χ1v) is 15.1. The van der Waals surface area contributed by atoms with Gasteiger partial charge in [-0.15, -0.1) is 0 Å². The smallest absolute Gasteiger partial charge is 0.217 e. The minimum Gasteiger partial charge on any atom is -0.726 e. The minimum atomic E-state index is -4.41. The van der Waals surface area contributed by atoms with Crippen molar-refractivity contribution in [1.29, 1.82) is 0 Å². The summed E-state index contributed by atoms with van der Waals surface area (Å²) >= 11 is 0. The Morgan fingerprint density at radius 2 is 1.06 bits per heavy atom. The number of unbranched alkanes of at least 4 members (excludes halogenated alkanes) is 15. The highest BCUT2D eigenvalue weighted by Gasteiger charge is 2.10. The zero-order valence-electron chi connectivity index (χ0n) is 23.3. The monoisotopic (exact) mass is 514 g/mol. The van der Waals surface area contributed by atoms with Gasteiger partial charge in [0.05, 0.1) is 28.3 Å². The van der Waals surface area contributed by atoms with Crippen molar-refractivity contribution in [3.05, 3.63) is 24.3 Å². The molecular weight excluding hydrogens is 460 g/mol. The zero-order valence-corrected chi connectivity index (χ0v) is 24.1. The summed E-state index contributed by atoms with van der Waals surface area (Å²) < 4.78 is 31.9. The molecule has 35 heavy (non-hydrogen) atoms. The summed E-state index contributed by atoms with van der Waals surface area (Å²) in [6.45, 7) is 3.40. The molecule has 1 N–H and O–H groups in total. The first kappa shape index (κ1) is 33.8. The number of nitrogens with zero attached hydrogens (tertiary/aromatic N) is 1. The van der Waals surface area contributed by atoms with Crippen LogP contribution >= 0.6 is 0 Å². The predicted molar refractivity (Wildman–Crippen MR) is 151 cm³/mol. The second kappa shape index (κ2) is 21.0. The maximum absolute atomic E-state index is 9.22. The molecule has 0 atom stereocenters. The maximum Gasteiger partial charge on any atom is 0.217 e. The first-order chi connectivity index (χ1) is 16.6. The van der Waals surface area contributed by atoms with E-state index in [1.165, 1.54) is 114 Å². The summed E-state index contributed by atoms with van der Waals surface area (Å²) in [5.74, 6) is 0. The number of anilines is 1. The number of hydrogen-bond acceptors (Lipinski definition) is 5. The Morgan fingerprint density at radius 1 is 0.714 bits per heavy atom. The Morgan fingerprint density at radius 3 is 1.37 bits per heavy atom. The van der Waals surface area contributed by atoms with Gasteiger partial charge in [0.1, 0.15) is 5.69 Å². The predicted octanol–water partition coefficient (Wildman–Crippen LogP) is 7.65. The third-order valence-corrected chi connectivity index (χ3v) is 6.61. The third-order valence-electron chi connectivity index (χ3n) is 6.21. The fourth-order valence-electron chi connectivity index (χ4n) is 3.93. The molecule has 0 bridgehead atoms. The molecular formula is C28H54N2O4S. The van der Waals surface area contributed by atoms with Gasteiger partial charge in [-0.2, -0.15) is 0 Å². The van der Waals surface area contributed by atoms with Gasteiger partial charge >= 0.3 is 0 Å². The Labute approximate surface area is 217 Å². The summed E-state index contributed by atoms with van der Waals surface area (Å²) in [5, 5.41) is 3.57. The summed E-state index contributed by atoms with van der Waals surface area (Å²) in [7, 11) is 3.02. The Kier molecular flexibility index (Phi) is 20.3. The van der Waals surface area contributed by atoms with E-state index in [1.807, 2.05) is 0 Å². The van der Waals surface area contributed by atoms with Crippen LogP contribution in [0, 0.1) is 0 Å². The van der Waals surface area contributed by atoms with Crippen molar-refractivity contribution in [3.8, 4) is 0 Å². The van der Waals surface area contributed by atoms with Gasteiger partial charge in [0.2, 0.25) is 10.4 Å². The second-order valence-corrected chi connectivity index (χ2v) is 11.5. The van der Waals surface area contributed by atoms with Crippen LogP contribution in [0.25, 0.3) is 0 Å². The van der Waals surface area contributed by atoms with Crippen molar-refractivity contribution in [3.63, 3.8) is 0 Å². The van der Waals surface area contributed by atoms with Gasteiger partial charge in [-0.05, 0) is 18.6 Å². The molecule has 0 amide bonds. The number of rotatable bonds is 20. The van der Waals surface area contributed by atoms with Crippen molar-refractivity contribution < 1.29 is 17.2 Å². The van der Waals surface area contributed by atoms with E-state index in [2.05, 4.69) is 61.8 Å². The molecule has 0 aliphatic carbocycles. The summed E-state index contributed by atoms with van der Waals surface area (Å²) in [6, 6.07) is 8.89. The van der Waals surface area contributed by atoms with Crippen LogP contribution < -0.4 is 9.80 Å². The van der Waals surface area contributed by atoms with E-state index in [0.29, 0.717) is 0 Å². The molecule has 0 unspecified atom stereocenters. The van der Waals surface area contributed by atoms with E-state index in [4.69, 9.17) is 0 Å². The fourth-order valence-corrected chi connectivity index (χ4v) is 3.93. The molecule has 1 rings (SSSR count). The summed E-state index contributed by atoms with van der Waals surface area (Å²) in [6.07, 6.45) is 22.9. The van der Waals surface area contributed by atoms with Crippen molar-refractivity contribution in [2.75, 3.05) is 40.1 Å². The molecule has 0 aromatic heterocycles. The van der Waals surface area contributed by atoms with Crippen LogP contribution in [0.15, 0.2) is 24.3 Å². The Hall–Kier alpha value is -1.15. The van der Waals surface area contributed by atoms with E-state index in [-0.39, 0.29) is 0 Å². The molecule has 0 spiro atoms. The van der Waals surface area contributed by atoms with Gasteiger partial charge in [0.25, 0.3) is 0 Å². The molecule has 1 aromatic carbocycles. The lowest BCUT2D eigenvalue weighted by Gasteiger charge is -2.23. The van der Waals surface area contributed by atoms with E-state index < -0.39 is 10.4 Å². The highest BCUT2D eigenvalue weighted by atomic mass is 32.3. The second-order valence-electron chi connectivity index (χ2n) is 10.4. The molecule has 7 heteroatoms. The maximum atomic E-state index is 9.22. The van der Waals surface area contributed by atoms with E-state index >= 15 is 0 Å². The van der Waals surface area contributed by atoms with Crippen LogP contribution in [0.2, 0.25) is 0 Å². The topological polar surface area (TPSA) is 78.5 Å². The van der Waals surface area contributed by atoms with Crippen LogP contribution in [-0.2, 0) is 14.6 Å². The molecule has 0 aliphatic heterocycles. The van der Waals surface area contributed by atoms with Crippen molar-refractivity contribution in [1.82, 2.24) is 4.48 Å². The van der Waals surface area contributed by atoms with Gasteiger partial charge in [-0.25, -0.2) is 8.42 Å². The van der Waals surface area contributed by atoms with Gasteiger partial charge in [-0.3, -0.25) is 8.67 Å². The summed E-state index contributed by atoms with van der Waals surface area (Å²) in [5.41, 5.74) is 2.60. The molecule has 0 heterocycles. The average Bonchev–Trinajstić information content (AvgIpc) is 2.81. The molecule has 1 aromatic rings. The van der Waals surface area contributed by atoms with Crippen molar-refractivity contribution in [2.45, 2.75) is 110 Å². The lowest BCUT2D eigenvalue weighted by Crippen LogP contribution is -2.34. The van der Waals surface area contributed by atoms with Crippen molar-refractivity contribution >= 4 is 21.8 Å². The molecule has 6 nitrogen and oxygen atoms in total. The molecule has 0 fully saturated rings. The van der Waals surface area contributed by atoms with E-state index in [1.54, 1.807) is 0 Å². The molecule has 0 radical (unpaired) electrons. The van der Waals surface area contributed by atoms with Crippen LogP contribution in [0.1, 0.15) is 110 Å². The standard InChI is InChI=1S/C27H51N2.CH4O4S/c1-5-6-7-8-9-10-11-12-13-14-15-16-17-18-19-20-25-28-26-21-23-27(24-22-26)29(2,3)4;1-5-6(2,3)4/h21-24,28H,5-20,25H2,1-4H3;1H3,(H,2,3,4)/q+1;/p-1. The average molecular weight is 515 g/mol.